The molecule has 0 bridgehead atoms. The van der Waals surface area contributed by atoms with Crippen molar-refractivity contribution in [1.82, 2.24) is 5.32 Å². The van der Waals surface area contributed by atoms with Gasteiger partial charge in [-0.1, -0.05) is 25.1 Å². The van der Waals surface area contributed by atoms with Gasteiger partial charge in [0.25, 0.3) is 0 Å². The highest BCUT2D eigenvalue weighted by atomic mass is 32.2. The summed E-state index contributed by atoms with van der Waals surface area (Å²) in [6, 6.07) is 0. The summed E-state index contributed by atoms with van der Waals surface area (Å²) in [5.74, 6) is 0. The summed E-state index contributed by atoms with van der Waals surface area (Å²) in [7, 11) is 0. The molecule has 0 radical (unpaired) electrons. The van der Waals surface area contributed by atoms with Crippen molar-refractivity contribution in [2.75, 3.05) is 13.1 Å². The second-order valence-corrected chi connectivity index (χ2v) is 4.76. The molecule has 0 aromatic heterocycles. The number of nitrogens with zero attached hydrogens (tertiary/aromatic N) is 1. The van der Waals surface area contributed by atoms with Gasteiger partial charge >= 0.3 is 6.18 Å². The van der Waals surface area contributed by atoms with E-state index >= 15 is 0 Å². The van der Waals surface area contributed by atoms with Crippen LogP contribution in [0.1, 0.15) is 26.2 Å². The maximum atomic E-state index is 11.8. The van der Waals surface area contributed by atoms with Gasteiger partial charge in [-0.05, 0) is 6.42 Å². The fourth-order valence-corrected chi connectivity index (χ4v) is 2.45. The van der Waals surface area contributed by atoms with Crippen molar-refractivity contribution in [2.45, 2.75) is 37.6 Å². The second-order valence-electron chi connectivity index (χ2n) is 3.47. The Morgan fingerprint density at radius 3 is 2.87 bits per heavy atom. The van der Waals surface area contributed by atoms with Crippen molar-refractivity contribution in [1.29, 1.82) is 0 Å². The maximum absolute atomic E-state index is 11.8. The molecule has 0 amide bonds. The number of halogens is 3. The standard InChI is InChI=1S/C9H15F3N2S/c1-2-3-7-6-14-8(15-7)13-5-4-9(10,11)12/h7H,2-6H2,1H3,(H,13,14). The van der Waals surface area contributed by atoms with Gasteiger partial charge in [-0.25, -0.2) is 0 Å². The van der Waals surface area contributed by atoms with E-state index in [1.165, 1.54) is 0 Å². The molecule has 1 aliphatic heterocycles. The van der Waals surface area contributed by atoms with Gasteiger partial charge in [0.1, 0.15) is 0 Å². The third kappa shape index (κ3) is 5.30. The molecule has 1 heterocycles. The minimum absolute atomic E-state index is 0.0752. The molecule has 0 saturated heterocycles. The Bertz CT molecular complexity index is 228. The van der Waals surface area contributed by atoms with Gasteiger partial charge in [0.05, 0.1) is 13.0 Å². The Balaban J connectivity index is 2.14. The Hall–Kier alpha value is -0.390. The molecule has 1 aliphatic rings. The van der Waals surface area contributed by atoms with E-state index in [2.05, 4.69) is 17.2 Å². The second kappa shape index (κ2) is 5.63. The molecule has 1 atom stereocenters. The lowest BCUT2D eigenvalue weighted by Gasteiger charge is -2.09. The monoisotopic (exact) mass is 240 g/mol. The Kier molecular flexibility index (Phi) is 4.76. The van der Waals surface area contributed by atoms with E-state index in [-0.39, 0.29) is 6.54 Å². The molecule has 0 aromatic carbocycles. The van der Waals surface area contributed by atoms with Crippen molar-refractivity contribution in [3.8, 4) is 0 Å². The summed E-state index contributed by atoms with van der Waals surface area (Å²) in [6.45, 7) is 2.75. The summed E-state index contributed by atoms with van der Waals surface area (Å²) in [6.07, 6.45) is -2.73. The van der Waals surface area contributed by atoms with E-state index < -0.39 is 12.6 Å². The van der Waals surface area contributed by atoms with Crippen LogP contribution in [0, 0.1) is 0 Å². The zero-order valence-corrected chi connectivity index (χ0v) is 9.42. The van der Waals surface area contributed by atoms with E-state index in [1.54, 1.807) is 11.8 Å². The molecular formula is C9H15F3N2S. The summed E-state index contributed by atoms with van der Waals surface area (Å²) < 4.78 is 35.5. The highest BCUT2D eigenvalue weighted by Gasteiger charge is 2.27. The fraction of sp³-hybridized carbons (Fsp3) is 0.889. The average Bonchev–Trinajstić information content (AvgIpc) is 2.51. The van der Waals surface area contributed by atoms with E-state index in [0.29, 0.717) is 10.4 Å². The molecule has 1 N–H and O–H groups in total. The Labute approximate surface area is 91.7 Å². The number of aliphatic imine (C=N–C) groups is 1. The SMILES string of the molecule is CCCC1CN=C(NCCC(F)(F)F)S1. The summed E-state index contributed by atoms with van der Waals surface area (Å²) in [5.41, 5.74) is 0. The lowest BCUT2D eigenvalue weighted by atomic mass is 10.2. The van der Waals surface area contributed by atoms with Crippen LogP contribution in [0.3, 0.4) is 0 Å². The topological polar surface area (TPSA) is 24.4 Å². The average molecular weight is 240 g/mol. The first-order chi connectivity index (χ1) is 7.01. The molecule has 0 saturated carbocycles. The molecule has 0 fully saturated rings. The van der Waals surface area contributed by atoms with E-state index in [1.807, 2.05) is 0 Å². The van der Waals surface area contributed by atoms with Crippen molar-refractivity contribution >= 4 is 16.9 Å². The van der Waals surface area contributed by atoms with Gasteiger partial charge < -0.3 is 5.32 Å². The zero-order chi connectivity index (χ0) is 11.3. The van der Waals surface area contributed by atoms with Crippen LogP contribution in [-0.4, -0.2) is 29.7 Å². The van der Waals surface area contributed by atoms with Crippen LogP contribution in [0.2, 0.25) is 0 Å². The quantitative estimate of drug-likeness (QED) is 0.817. The first kappa shape index (κ1) is 12.7. The highest BCUT2D eigenvalue weighted by Crippen LogP contribution is 2.24. The Morgan fingerprint density at radius 1 is 1.53 bits per heavy atom. The van der Waals surface area contributed by atoms with Crippen LogP contribution in [-0.2, 0) is 0 Å². The largest absolute Gasteiger partial charge is 0.390 e. The molecule has 15 heavy (non-hydrogen) atoms. The van der Waals surface area contributed by atoms with Crippen molar-refractivity contribution in [2.24, 2.45) is 4.99 Å². The number of rotatable bonds is 4. The summed E-state index contributed by atoms with van der Waals surface area (Å²) in [4.78, 5) is 4.16. The van der Waals surface area contributed by atoms with Crippen LogP contribution in [0.5, 0.6) is 0 Å². The minimum atomic E-state index is -4.08. The number of hydrogen-bond donors (Lipinski definition) is 1. The fourth-order valence-electron chi connectivity index (χ4n) is 1.30. The Morgan fingerprint density at radius 2 is 2.27 bits per heavy atom. The smallest absolute Gasteiger partial charge is 0.365 e. The molecule has 1 rings (SSSR count). The lowest BCUT2D eigenvalue weighted by molar-refractivity contribution is -0.132. The molecule has 88 valence electrons. The molecule has 0 aromatic rings. The van der Waals surface area contributed by atoms with Gasteiger partial charge in [0.2, 0.25) is 0 Å². The summed E-state index contributed by atoms with van der Waals surface area (Å²) >= 11 is 1.56. The van der Waals surface area contributed by atoms with E-state index in [4.69, 9.17) is 0 Å². The number of nitrogens with one attached hydrogen (secondary N) is 1. The molecule has 2 nitrogen and oxygen atoms in total. The van der Waals surface area contributed by atoms with E-state index in [0.717, 1.165) is 19.4 Å². The maximum Gasteiger partial charge on any atom is 0.390 e. The first-order valence-corrected chi connectivity index (χ1v) is 5.91. The molecule has 0 aliphatic carbocycles. The van der Waals surface area contributed by atoms with E-state index in [9.17, 15) is 13.2 Å². The third-order valence-electron chi connectivity index (χ3n) is 2.01. The number of amidine groups is 1. The highest BCUT2D eigenvalue weighted by molar-refractivity contribution is 8.14. The van der Waals surface area contributed by atoms with Crippen molar-refractivity contribution in [3.05, 3.63) is 0 Å². The van der Waals surface area contributed by atoms with Gasteiger partial charge in [0, 0.05) is 11.8 Å². The van der Waals surface area contributed by atoms with Crippen LogP contribution in [0.4, 0.5) is 13.2 Å². The van der Waals surface area contributed by atoms with Crippen LogP contribution < -0.4 is 5.32 Å². The lowest BCUT2D eigenvalue weighted by Crippen LogP contribution is -2.25. The molecule has 0 spiro atoms. The zero-order valence-electron chi connectivity index (χ0n) is 8.60. The predicted molar refractivity (Wildman–Crippen MR) is 57.3 cm³/mol. The first-order valence-electron chi connectivity index (χ1n) is 5.03. The van der Waals surface area contributed by atoms with Gasteiger partial charge in [-0.15, -0.1) is 0 Å². The summed E-state index contributed by atoms with van der Waals surface area (Å²) in [5, 5.41) is 3.83. The van der Waals surface area contributed by atoms with Gasteiger partial charge in [-0.2, -0.15) is 13.2 Å². The van der Waals surface area contributed by atoms with Crippen LogP contribution in [0.15, 0.2) is 4.99 Å². The minimum Gasteiger partial charge on any atom is -0.365 e. The third-order valence-corrected chi connectivity index (χ3v) is 3.23. The number of thioether (sulfide) groups is 1. The number of alkyl halides is 3. The molecular weight excluding hydrogens is 225 g/mol. The van der Waals surface area contributed by atoms with Crippen LogP contribution >= 0.6 is 11.8 Å². The van der Waals surface area contributed by atoms with Gasteiger partial charge in [0.15, 0.2) is 5.17 Å². The molecule has 1 unspecified atom stereocenters. The predicted octanol–water partition coefficient (Wildman–Crippen LogP) is 2.80. The van der Waals surface area contributed by atoms with Crippen LogP contribution in [0.25, 0.3) is 0 Å². The number of hydrogen-bond acceptors (Lipinski definition) is 3. The van der Waals surface area contributed by atoms with Crippen molar-refractivity contribution < 1.29 is 13.2 Å². The van der Waals surface area contributed by atoms with Gasteiger partial charge in [-0.3, -0.25) is 4.99 Å². The van der Waals surface area contributed by atoms with Crippen molar-refractivity contribution in [3.63, 3.8) is 0 Å². The normalized spacial score (nSPS) is 21.6. The molecule has 6 heteroatoms.